The molecule has 0 atom stereocenters. The Morgan fingerprint density at radius 3 is 2.81 bits per heavy atom. The summed E-state index contributed by atoms with van der Waals surface area (Å²) in [5, 5.41) is 0. The Balaban J connectivity index is 1.91. The van der Waals surface area contributed by atoms with Crippen LogP contribution in [0.25, 0.3) is 0 Å². The van der Waals surface area contributed by atoms with Crippen LogP contribution in [0.2, 0.25) is 0 Å². The van der Waals surface area contributed by atoms with E-state index in [-0.39, 0.29) is 18.3 Å². The molecule has 0 aliphatic carbocycles. The molecule has 1 aliphatic heterocycles. The van der Waals surface area contributed by atoms with E-state index >= 15 is 0 Å². The second-order valence-corrected chi connectivity index (χ2v) is 4.45. The van der Waals surface area contributed by atoms with Crippen LogP contribution in [0, 0.1) is 5.82 Å². The smallest absolute Gasteiger partial charge is 0.260 e. The summed E-state index contributed by atoms with van der Waals surface area (Å²) >= 11 is 3.18. The van der Waals surface area contributed by atoms with Gasteiger partial charge in [0.2, 0.25) is 0 Å². The summed E-state index contributed by atoms with van der Waals surface area (Å²) in [6.07, 6.45) is 1.06. The molecule has 0 bridgehead atoms. The van der Waals surface area contributed by atoms with Gasteiger partial charge in [0.25, 0.3) is 5.91 Å². The molecule has 0 saturated carbocycles. The summed E-state index contributed by atoms with van der Waals surface area (Å²) in [6, 6.07) is 4.11. The lowest BCUT2D eigenvalue weighted by Gasteiger charge is -2.30. The van der Waals surface area contributed by atoms with E-state index in [0.29, 0.717) is 10.2 Å². The number of carbonyl (C=O) groups is 1. The van der Waals surface area contributed by atoms with Gasteiger partial charge in [-0.1, -0.05) is 0 Å². The lowest BCUT2D eigenvalue weighted by atomic mass is 10.2. The molecule has 1 aliphatic rings. The lowest BCUT2D eigenvalue weighted by molar-refractivity contribution is -0.136. The van der Waals surface area contributed by atoms with Crippen LogP contribution in [0.5, 0.6) is 5.75 Å². The van der Waals surface area contributed by atoms with Gasteiger partial charge in [0.05, 0.1) is 4.47 Å². The topological polar surface area (TPSA) is 29.5 Å². The number of likely N-dealkylation sites (tertiary alicyclic amines) is 1. The number of amides is 1. The second kappa shape index (κ2) is 4.82. The van der Waals surface area contributed by atoms with Gasteiger partial charge < -0.3 is 9.64 Å². The molecule has 0 N–H and O–H groups in total. The van der Waals surface area contributed by atoms with E-state index in [1.54, 1.807) is 4.90 Å². The molecule has 0 aromatic heterocycles. The summed E-state index contributed by atoms with van der Waals surface area (Å²) in [4.78, 5) is 13.2. The molecule has 1 saturated heterocycles. The number of hydrogen-bond acceptors (Lipinski definition) is 2. The summed E-state index contributed by atoms with van der Waals surface area (Å²) < 4.78 is 18.6. The summed E-state index contributed by atoms with van der Waals surface area (Å²) in [7, 11) is 0. The molecular weight excluding hydrogens is 277 g/mol. The standard InChI is InChI=1S/C11H11BrFNO2/c12-9-6-8(13)2-3-10(9)16-7-11(15)14-4-1-5-14/h2-3,6H,1,4-5,7H2. The Bertz CT molecular complexity index is 407. The Morgan fingerprint density at radius 2 is 2.25 bits per heavy atom. The Hall–Kier alpha value is -1.10. The predicted octanol–water partition coefficient (Wildman–Crippen LogP) is 2.20. The zero-order valence-corrected chi connectivity index (χ0v) is 10.2. The highest BCUT2D eigenvalue weighted by Gasteiger charge is 2.20. The van der Waals surface area contributed by atoms with Gasteiger partial charge >= 0.3 is 0 Å². The number of halogens is 2. The quantitative estimate of drug-likeness (QED) is 0.853. The van der Waals surface area contributed by atoms with Crippen LogP contribution in [-0.4, -0.2) is 30.5 Å². The van der Waals surface area contributed by atoms with E-state index in [1.165, 1.54) is 18.2 Å². The molecule has 1 fully saturated rings. The lowest BCUT2D eigenvalue weighted by Crippen LogP contribution is -2.44. The van der Waals surface area contributed by atoms with Gasteiger partial charge in [-0.25, -0.2) is 4.39 Å². The monoisotopic (exact) mass is 287 g/mol. The Labute approximate surface area is 101 Å². The van der Waals surface area contributed by atoms with Crippen LogP contribution in [0.3, 0.4) is 0 Å². The van der Waals surface area contributed by atoms with E-state index in [9.17, 15) is 9.18 Å². The van der Waals surface area contributed by atoms with Crippen molar-refractivity contribution >= 4 is 21.8 Å². The second-order valence-electron chi connectivity index (χ2n) is 3.60. The molecule has 86 valence electrons. The van der Waals surface area contributed by atoms with E-state index in [0.717, 1.165) is 19.5 Å². The zero-order valence-electron chi connectivity index (χ0n) is 8.58. The molecule has 1 amide bonds. The van der Waals surface area contributed by atoms with Crippen molar-refractivity contribution in [1.82, 2.24) is 4.90 Å². The number of ether oxygens (including phenoxy) is 1. The number of hydrogen-bond donors (Lipinski definition) is 0. The van der Waals surface area contributed by atoms with Crippen molar-refractivity contribution in [3.8, 4) is 5.75 Å². The first-order valence-corrected chi connectivity index (χ1v) is 5.82. The third kappa shape index (κ3) is 2.52. The van der Waals surface area contributed by atoms with Gasteiger partial charge in [-0.3, -0.25) is 4.79 Å². The highest BCUT2D eigenvalue weighted by molar-refractivity contribution is 9.10. The van der Waals surface area contributed by atoms with Crippen molar-refractivity contribution in [2.75, 3.05) is 19.7 Å². The number of carbonyl (C=O) groups excluding carboxylic acids is 1. The van der Waals surface area contributed by atoms with Crippen LogP contribution in [0.4, 0.5) is 4.39 Å². The first kappa shape index (κ1) is 11.4. The van der Waals surface area contributed by atoms with E-state index < -0.39 is 0 Å². The molecule has 1 heterocycles. The molecule has 1 aromatic carbocycles. The SMILES string of the molecule is O=C(COc1ccc(F)cc1Br)N1CCC1. The van der Waals surface area contributed by atoms with Crippen molar-refractivity contribution in [2.24, 2.45) is 0 Å². The number of nitrogens with zero attached hydrogens (tertiary/aromatic N) is 1. The minimum absolute atomic E-state index is 0.00420. The molecule has 16 heavy (non-hydrogen) atoms. The van der Waals surface area contributed by atoms with E-state index in [1.807, 2.05) is 0 Å². The van der Waals surface area contributed by atoms with Gasteiger partial charge in [0.15, 0.2) is 6.61 Å². The summed E-state index contributed by atoms with van der Waals surface area (Å²) in [6.45, 7) is 1.63. The minimum atomic E-state index is -0.340. The maximum Gasteiger partial charge on any atom is 0.260 e. The van der Waals surface area contributed by atoms with E-state index in [2.05, 4.69) is 15.9 Å². The van der Waals surface area contributed by atoms with E-state index in [4.69, 9.17) is 4.74 Å². The highest BCUT2D eigenvalue weighted by Crippen LogP contribution is 2.25. The third-order valence-electron chi connectivity index (χ3n) is 2.45. The number of benzene rings is 1. The molecular formula is C11H11BrFNO2. The summed E-state index contributed by atoms with van der Waals surface area (Å²) in [5.41, 5.74) is 0. The fourth-order valence-electron chi connectivity index (χ4n) is 1.39. The molecule has 0 spiro atoms. The Kier molecular flexibility index (Phi) is 3.43. The van der Waals surface area contributed by atoms with Crippen molar-refractivity contribution < 1.29 is 13.9 Å². The van der Waals surface area contributed by atoms with Crippen LogP contribution in [0.15, 0.2) is 22.7 Å². The van der Waals surface area contributed by atoms with Crippen LogP contribution >= 0.6 is 15.9 Å². The molecule has 5 heteroatoms. The average Bonchev–Trinajstić information content (AvgIpc) is 2.13. The van der Waals surface area contributed by atoms with Crippen LogP contribution < -0.4 is 4.74 Å². The Morgan fingerprint density at radius 1 is 1.50 bits per heavy atom. The molecule has 1 aromatic rings. The fraction of sp³-hybridized carbons (Fsp3) is 0.364. The first-order chi connectivity index (χ1) is 7.66. The first-order valence-electron chi connectivity index (χ1n) is 5.02. The highest BCUT2D eigenvalue weighted by atomic mass is 79.9. The minimum Gasteiger partial charge on any atom is -0.483 e. The molecule has 2 rings (SSSR count). The zero-order chi connectivity index (χ0) is 11.5. The van der Waals surface area contributed by atoms with Gasteiger partial charge in [0.1, 0.15) is 11.6 Å². The van der Waals surface area contributed by atoms with Gasteiger partial charge in [0, 0.05) is 13.1 Å². The van der Waals surface area contributed by atoms with Crippen LogP contribution in [-0.2, 0) is 4.79 Å². The fourth-order valence-corrected chi connectivity index (χ4v) is 1.85. The van der Waals surface area contributed by atoms with Gasteiger partial charge in [-0.2, -0.15) is 0 Å². The number of rotatable bonds is 3. The largest absolute Gasteiger partial charge is 0.483 e. The van der Waals surface area contributed by atoms with Crippen molar-refractivity contribution in [2.45, 2.75) is 6.42 Å². The van der Waals surface area contributed by atoms with Gasteiger partial charge in [-0.05, 0) is 40.5 Å². The average molecular weight is 288 g/mol. The normalized spacial score (nSPS) is 14.5. The molecule has 0 unspecified atom stereocenters. The van der Waals surface area contributed by atoms with Crippen molar-refractivity contribution in [3.05, 3.63) is 28.5 Å². The third-order valence-corrected chi connectivity index (χ3v) is 3.07. The van der Waals surface area contributed by atoms with Crippen LogP contribution in [0.1, 0.15) is 6.42 Å². The van der Waals surface area contributed by atoms with Gasteiger partial charge in [-0.15, -0.1) is 0 Å². The maximum atomic E-state index is 12.8. The molecule has 0 radical (unpaired) electrons. The van der Waals surface area contributed by atoms with Crippen molar-refractivity contribution in [3.63, 3.8) is 0 Å². The predicted molar refractivity (Wildman–Crippen MR) is 60.8 cm³/mol. The summed E-state index contributed by atoms with van der Waals surface area (Å²) in [5.74, 6) is 0.117. The van der Waals surface area contributed by atoms with Crippen molar-refractivity contribution in [1.29, 1.82) is 0 Å². The molecule has 3 nitrogen and oxygen atoms in total. The maximum absolute atomic E-state index is 12.8.